The normalized spacial score (nSPS) is 21.3. The molecule has 0 aromatic rings. The van der Waals surface area contributed by atoms with Crippen molar-refractivity contribution in [1.82, 2.24) is 0 Å². The van der Waals surface area contributed by atoms with Crippen molar-refractivity contribution in [3.63, 3.8) is 0 Å². The van der Waals surface area contributed by atoms with Crippen LogP contribution in [0.2, 0.25) is 5.72 Å². The molecule has 1 aliphatic rings. The second-order valence-electron chi connectivity index (χ2n) is 3.03. The van der Waals surface area contributed by atoms with Crippen molar-refractivity contribution in [2.45, 2.75) is 26.5 Å². The Balaban J connectivity index is 2.88. The Labute approximate surface area is 90.5 Å². The zero-order valence-electron chi connectivity index (χ0n) is 6.49. The first-order chi connectivity index (χ1) is 4.55. The maximum atomic E-state index is 2.55. The third-order valence-corrected chi connectivity index (χ3v) is 6.51. The van der Waals surface area contributed by atoms with E-state index in [4.69, 9.17) is 0 Å². The van der Waals surface area contributed by atoms with Gasteiger partial charge >= 0.3 is 0 Å². The summed E-state index contributed by atoms with van der Waals surface area (Å²) in [6.07, 6.45) is 0. The Bertz CT molecular complexity index is 161. The smallest absolute Gasteiger partial charge is 0.144 e. The van der Waals surface area contributed by atoms with Crippen LogP contribution in [0.4, 0.5) is 0 Å². The van der Waals surface area contributed by atoms with Gasteiger partial charge in [-0.25, -0.2) is 0 Å². The minimum absolute atomic E-state index is 0.777. The number of rotatable bonds is 0. The molecule has 0 nitrogen and oxygen atoms in total. The first-order valence-electron chi connectivity index (χ1n) is 3.51. The topological polar surface area (TPSA) is 0 Å². The molecule has 1 rings (SSSR count). The van der Waals surface area contributed by atoms with Crippen LogP contribution in [0.3, 0.4) is 0 Å². The molecule has 1 aliphatic heterocycles. The zero-order valence-corrected chi connectivity index (χ0v) is 10.8. The molecule has 0 spiro atoms. The molecule has 4 heteroatoms. The van der Waals surface area contributed by atoms with Gasteiger partial charge < -0.3 is 0 Å². The van der Waals surface area contributed by atoms with Crippen LogP contribution in [0.15, 0.2) is 10.9 Å². The average molecular weight is 358 g/mol. The predicted octanol–water partition coefficient (Wildman–Crippen LogP) is 3.20. The highest BCUT2D eigenvalue weighted by molar-refractivity contribution is 14.1. The molecule has 0 saturated carbocycles. The molecule has 0 N–H and O–H groups in total. The van der Waals surface area contributed by atoms with E-state index in [0.29, 0.717) is 0 Å². The number of hydrogen-bond donors (Lipinski definition) is 0. The lowest BCUT2D eigenvalue weighted by atomic mass is 9.50. The van der Waals surface area contributed by atoms with E-state index < -0.39 is 0 Å². The largest absolute Gasteiger partial charge is 0.241 e. The van der Waals surface area contributed by atoms with Crippen LogP contribution in [0.1, 0.15) is 20.8 Å². The Morgan fingerprint density at radius 3 is 1.50 bits per heavy atom. The highest BCUT2D eigenvalue weighted by atomic mass is 127. The SMILES string of the molecule is CC1=C(C)B(I)C(C)B1I. The second-order valence-corrected chi connectivity index (χ2v) is 5.71. The molecular weight excluding hydrogens is 347 g/mol. The molecular formula is C6H10B2I2. The Kier molecular flexibility index (Phi) is 3.18. The van der Waals surface area contributed by atoms with Gasteiger partial charge in [-0.15, -0.1) is 55.7 Å². The van der Waals surface area contributed by atoms with Crippen LogP contribution >= 0.6 is 44.7 Å². The van der Waals surface area contributed by atoms with Crippen molar-refractivity contribution >= 4 is 53.9 Å². The molecule has 0 saturated heterocycles. The van der Waals surface area contributed by atoms with Gasteiger partial charge in [0, 0.05) is 0 Å². The molecule has 0 atom stereocenters. The lowest BCUT2D eigenvalue weighted by Gasteiger charge is -2.06. The van der Waals surface area contributed by atoms with Crippen molar-refractivity contribution < 1.29 is 0 Å². The van der Waals surface area contributed by atoms with E-state index in [-0.39, 0.29) is 0 Å². The molecule has 0 radical (unpaired) electrons. The quantitative estimate of drug-likeness (QED) is 0.461. The Hall–Kier alpha value is 1.33. The minimum atomic E-state index is 0.777. The van der Waals surface area contributed by atoms with Gasteiger partial charge in [-0.2, -0.15) is 0 Å². The second kappa shape index (κ2) is 3.37. The van der Waals surface area contributed by atoms with Gasteiger partial charge in [-0.1, -0.05) is 26.5 Å². The van der Waals surface area contributed by atoms with Gasteiger partial charge in [0.05, 0.1) is 0 Å². The van der Waals surface area contributed by atoms with Crippen molar-refractivity contribution in [3.05, 3.63) is 10.9 Å². The van der Waals surface area contributed by atoms with Crippen LogP contribution in [0, 0.1) is 0 Å². The van der Waals surface area contributed by atoms with Crippen molar-refractivity contribution in [2.75, 3.05) is 0 Å². The monoisotopic (exact) mass is 358 g/mol. The summed E-state index contributed by atoms with van der Waals surface area (Å²) in [5.74, 6) is 0. The van der Waals surface area contributed by atoms with E-state index in [9.17, 15) is 0 Å². The van der Waals surface area contributed by atoms with E-state index in [1.165, 1.54) is 0 Å². The molecule has 0 fully saturated rings. The van der Waals surface area contributed by atoms with E-state index >= 15 is 0 Å². The highest BCUT2D eigenvalue weighted by Crippen LogP contribution is 2.39. The van der Waals surface area contributed by atoms with Gasteiger partial charge in [0.25, 0.3) is 0 Å². The number of allylic oxidation sites excluding steroid dienone is 2. The summed E-state index contributed by atoms with van der Waals surface area (Å²) in [6, 6.07) is 0. The van der Waals surface area contributed by atoms with E-state index in [0.717, 1.165) is 14.9 Å². The van der Waals surface area contributed by atoms with Gasteiger partial charge in [0.2, 0.25) is 9.14 Å². The molecule has 0 amide bonds. The Morgan fingerprint density at radius 1 is 1.10 bits per heavy atom. The molecule has 0 aromatic carbocycles. The number of halogens is 2. The van der Waals surface area contributed by atoms with Crippen LogP contribution in [0.5, 0.6) is 0 Å². The maximum absolute atomic E-state index is 2.55. The number of hydrogen-bond acceptors (Lipinski definition) is 0. The predicted molar refractivity (Wildman–Crippen MR) is 67.3 cm³/mol. The van der Waals surface area contributed by atoms with Crippen molar-refractivity contribution in [2.24, 2.45) is 0 Å². The minimum Gasteiger partial charge on any atom is -0.144 e. The molecule has 0 aromatic heterocycles. The van der Waals surface area contributed by atoms with Crippen molar-refractivity contribution in [3.8, 4) is 0 Å². The first-order valence-corrected chi connectivity index (χ1v) is 6.00. The lowest BCUT2D eigenvalue weighted by Crippen LogP contribution is -2.14. The van der Waals surface area contributed by atoms with Gasteiger partial charge in [-0.3, -0.25) is 0 Å². The van der Waals surface area contributed by atoms with E-state index in [1.807, 2.05) is 0 Å². The van der Waals surface area contributed by atoms with Gasteiger partial charge in [0.1, 0.15) is 0 Å². The van der Waals surface area contributed by atoms with E-state index in [1.54, 1.807) is 10.9 Å². The molecule has 0 aliphatic carbocycles. The maximum Gasteiger partial charge on any atom is 0.241 e. The Morgan fingerprint density at radius 2 is 1.40 bits per heavy atom. The summed E-state index contributed by atoms with van der Waals surface area (Å²) in [7, 11) is 0. The summed E-state index contributed by atoms with van der Waals surface area (Å²) in [6.45, 7) is 6.87. The van der Waals surface area contributed by atoms with Crippen LogP contribution < -0.4 is 0 Å². The third-order valence-electron chi connectivity index (χ3n) is 2.37. The summed E-state index contributed by atoms with van der Waals surface area (Å²) in [4.78, 5) is 0. The molecule has 0 bridgehead atoms. The molecule has 54 valence electrons. The summed E-state index contributed by atoms with van der Waals surface area (Å²) in [5, 5.41) is 0. The summed E-state index contributed by atoms with van der Waals surface area (Å²) < 4.78 is 1.55. The van der Waals surface area contributed by atoms with Crippen LogP contribution in [-0.4, -0.2) is 9.14 Å². The van der Waals surface area contributed by atoms with E-state index in [2.05, 4.69) is 65.5 Å². The fourth-order valence-corrected chi connectivity index (χ4v) is 3.98. The fourth-order valence-electron chi connectivity index (χ4n) is 1.37. The van der Waals surface area contributed by atoms with Gasteiger partial charge in [-0.05, 0) is 0 Å². The first kappa shape index (κ1) is 9.42. The average Bonchev–Trinajstić information content (AvgIpc) is 2.07. The van der Waals surface area contributed by atoms with Gasteiger partial charge in [0.15, 0.2) is 0 Å². The zero-order chi connectivity index (χ0) is 7.89. The molecule has 1 heterocycles. The van der Waals surface area contributed by atoms with Crippen molar-refractivity contribution in [1.29, 1.82) is 0 Å². The third kappa shape index (κ3) is 1.42. The van der Waals surface area contributed by atoms with Crippen LogP contribution in [-0.2, 0) is 0 Å². The lowest BCUT2D eigenvalue weighted by molar-refractivity contribution is 1.33. The summed E-state index contributed by atoms with van der Waals surface area (Å²) in [5.41, 5.74) is 4.04. The molecule has 10 heavy (non-hydrogen) atoms. The standard InChI is InChI=1S/C6H10B2I2/c1-4-5(2)8(10)6(3)7(4)9/h6H,1-3H3. The fraction of sp³-hybridized carbons (Fsp3) is 0.667. The van der Waals surface area contributed by atoms with Crippen LogP contribution in [0.25, 0.3) is 0 Å². The molecule has 0 unspecified atom stereocenters. The summed E-state index contributed by atoms with van der Waals surface area (Å²) >= 11 is 5.10. The highest BCUT2D eigenvalue weighted by Gasteiger charge is 2.37.